The van der Waals surface area contributed by atoms with E-state index in [2.05, 4.69) is 5.32 Å². The van der Waals surface area contributed by atoms with E-state index in [0.717, 1.165) is 0 Å². The van der Waals surface area contributed by atoms with Gasteiger partial charge in [0.15, 0.2) is 0 Å². The second-order valence-corrected chi connectivity index (χ2v) is 6.00. The van der Waals surface area contributed by atoms with Crippen LogP contribution in [0.1, 0.15) is 31.1 Å². The van der Waals surface area contributed by atoms with Crippen molar-refractivity contribution in [1.29, 1.82) is 0 Å². The number of anilines is 1. The van der Waals surface area contributed by atoms with Crippen LogP contribution in [0, 0.1) is 0 Å². The van der Waals surface area contributed by atoms with Gasteiger partial charge < -0.3 is 14.8 Å². The molecule has 0 aliphatic heterocycles. The number of amides is 1. The largest absolute Gasteiger partial charge is 0.458 e. The lowest BCUT2D eigenvalue weighted by Crippen LogP contribution is -2.17. The molecule has 0 aliphatic carbocycles. The number of ether oxygens (including phenoxy) is 2. The first-order valence-corrected chi connectivity index (χ1v) is 9.00. The minimum Gasteiger partial charge on any atom is -0.458 e. The third-order valence-corrected chi connectivity index (χ3v) is 3.99. The summed E-state index contributed by atoms with van der Waals surface area (Å²) >= 11 is 0. The molecular weight excluding hydrogens is 370 g/mol. The van der Waals surface area contributed by atoms with E-state index in [4.69, 9.17) is 9.47 Å². The van der Waals surface area contributed by atoms with E-state index in [9.17, 15) is 14.4 Å². The number of nitrogens with one attached hydrogen (secondary N) is 1. The van der Waals surface area contributed by atoms with Crippen molar-refractivity contribution in [2.24, 2.45) is 0 Å². The molecule has 6 nitrogen and oxygen atoms in total. The molecule has 0 aliphatic rings. The van der Waals surface area contributed by atoms with Crippen molar-refractivity contribution in [3.05, 3.63) is 102 Å². The second-order valence-electron chi connectivity index (χ2n) is 6.00. The van der Waals surface area contributed by atoms with Crippen molar-refractivity contribution in [3.8, 4) is 0 Å². The van der Waals surface area contributed by atoms with E-state index in [-0.39, 0.29) is 24.7 Å². The molecular formula is C23H19NO5. The van der Waals surface area contributed by atoms with Crippen LogP contribution in [0.3, 0.4) is 0 Å². The van der Waals surface area contributed by atoms with Gasteiger partial charge in [0.1, 0.15) is 13.2 Å². The SMILES string of the molecule is O=C(Nc1ccccc1C(=O)OCCOC(=O)c1ccccc1)c1ccccc1. The molecule has 1 amide bonds. The van der Waals surface area contributed by atoms with Crippen LogP contribution >= 0.6 is 0 Å². The highest BCUT2D eigenvalue weighted by molar-refractivity contribution is 6.08. The number of hydrogen-bond acceptors (Lipinski definition) is 5. The summed E-state index contributed by atoms with van der Waals surface area (Å²) in [5.41, 5.74) is 1.45. The maximum Gasteiger partial charge on any atom is 0.340 e. The van der Waals surface area contributed by atoms with E-state index in [1.807, 2.05) is 6.07 Å². The Morgan fingerprint density at radius 2 is 1.14 bits per heavy atom. The number of carbonyl (C=O) groups excluding carboxylic acids is 3. The van der Waals surface area contributed by atoms with E-state index in [1.54, 1.807) is 78.9 Å². The monoisotopic (exact) mass is 389 g/mol. The van der Waals surface area contributed by atoms with Crippen LogP contribution in [-0.4, -0.2) is 31.1 Å². The molecule has 3 aromatic carbocycles. The highest BCUT2D eigenvalue weighted by Gasteiger charge is 2.15. The third-order valence-electron chi connectivity index (χ3n) is 3.99. The Balaban J connectivity index is 1.54. The number of esters is 2. The van der Waals surface area contributed by atoms with Crippen molar-refractivity contribution in [3.63, 3.8) is 0 Å². The zero-order valence-electron chi connectivity index (χ0n) is 15.5. The summed E-state index contributed by atoms with van der Waals surface area (Å²) in [7, 11) is 0. The highest BCUT2D eigenvalue weighted by atomic mass is 16.6. The normalized spacial score (nSPS) is 10.1. The maximum atomic E-state index is 12.4. The van der Waals surface area contributed by atoms with Gasteiger partial charge in [-0.1, -0.05) is 48.5 Å². The molecule has 0 aromatic heterocycles. The standard InChI is InChI=1S/C23H19NO5/c25-21(17-9-3-1-4-10-17)24-20-14-8-7-13-19(20)23(27)29-16-15-28-22(26)18-11-5-2-6-12-18/h1-14H,15-16H2,(H,24,25). The van der Waals surface area contributed by atoms with Crippen molar-refractivity contribution >= 4 is 23.5 Å². The van der Waals surface area contributed by atoms with Gasteiger partial charge in [0.25, 0.3) is 5.91 Å². The topological polar surface area (TPSA) is 81.7 Å². The minimum absolute atomic E-state index is 0.0714. The van der Waals surface area contributed by atoms with Crippen LogP contribution in [0.25, 0.3) is 0 Å². The fourth-order valence-electron chi connectivity index (χ4n) is 2.56. The van der Waals surface area contributed by atoms with Gasteiger partial charge in [-0.2, -0.15) is 0 Å². The van der Waals surface area contributed by atoms with Crippen molar-refractivity contribution in [1.82, 2.24) is 0 Å². The first-order valence-electron chi connectivity index (χ1n) is 9.00. The highest BCUT2D eigenvalue weighted by Crippen LogP contribution is 2.17. The first-order chi connectivity index (χ1) is 14.1. The number of hydrogen-bond donors (Lipinski definition) is 1. The number of para-hydroxylation sites is 1. The van der Waals surface area contributed by atoms with Gasteiger partial charge in [-0.05, 0) is 36.4 Å². The molecule has 3 aromatic rings. The predicted octanol–water partition coefficient (Wildman–Crippen LogP) is 3.95. The lowest BCUT2D eigenvalue weighted by Gasteiger charge is -2.11. The molecule has 29 heavy (non-hydrogen) atoms. The average molecular weight is 389 g/mol. The van der Waals surface area contributed by atoms with Crippen LogP contribution in [-0.2, 0) is 9.47 Å². The summed E-state index contributed by atoms with van der Waals surface area (Å²) < 4.78 is 10.3. The Bertz CT molecular complexity index is 986. The van der Waals surface area contributed by atoms with Crippen LogP contribution in [0.4, 0.5) is 5.69 Å². The number of benzene rings is 3. The summed E-state index contributed by atoms with van der Waals surface area (Å²) in [5, 5.41) is 2.71. The molecule has 0 radical (unpaired) electrons. The average Bonchev–Trinajstić information content (AvgIpc) is 2.78. The van der Waals surface area contributed by atoms with Crippen LogP contribution in [0.15, 0.2) is 84.9 Å². The molecule has 6 heteroatoms. The third kappa shape index (κ3) is 5.52. The van der Waals surface area contributed by atoms with Gasteiger partial charge in [0, 0.05) is 5.56 Å². The van der Waals surface area contributed by atoms with Gasteiger partial charge in [0.2, 0.25) is 0 Å². The first kappa shape index (κ1) is 19.8. The molecule has 0 bridgehead atoms. The fraction of sp³-hybridized carbons (Fsp3) is 0.0870. The van der Waals surface area contributed by atoms with E-state index < -0.39 is 11.9 Å². The maximum absolute atomic E-state index is 12.4. The quantitative estimate of drug-likeness (QED) is 0.489. The Kier molecular flexibility index (Phi) is 6.73. The predicted molar refractivity (Wildman–Crippen MR) is 108 cm³/mol. The van der Waals surface area contributed by atoms with Crippen molar-refractivity contribution in [2.45, 2.75) is 0 Å². The molecule has 0 saturated heterocycles. The van der Waals surface area contributed by atoms with E-state index in [0.29, 0.717) is 16.8 Å². The van der Waals surface area contributed by atoms with Gasteiger partial charge in [-0.3, -0.25) is 4.79 Å². The molecule has 0 heterocycles. The molecule has 0 fully saturated rings. The Hall–Kier alpha value is -3.93. The summed E-state index contributed by atoms with van der Waals surface area (Å²) in [6.07, 6.45) is 0. The second kappa shape index (κ2) is 9.85. The van der Waals surface area contributed by atoms with Gasteiger partial charge in [-0.15, -0.1) is 0 Å². The molecule has 0 atom stereocenters. The Morgan fingerprint density at radius 1 is 0.621 bits per heavy atom. The van der Waals surface area contributed by atoms with E-state index in [1.165, 1.54) is 0 Å². The fourth-order valence-corrected chi connectivity index (χ4v) is 2.56. The molecule has 3 rings (SSSR count). The van der Waals surface area contributed by atoms with Gasteiger partial charge >= 0.3 is 11.9 Å². The zero-order valence-corrected chi connectivity index (χ0v) is 15.5. The van der Waals surface area contributed by atoms with Crippen LogP contribution in [0.5, 0.6) is 0 Å². The Labute approximate surface area is 168 Å². The lowest BCUT2D eigenvalue weighted by molar-refractivity contribution is 0.0266. The van der Waals surface area contributed by atoms with Gasteiger partial charge in [-0.25, -0.2) is 9.59 Å². The summed E-state index contributed by atoms with van der Waals surface area (Å²) in [6.45, 7) is -0.170. The molecule has 0 saturated carbocycles. The van der Waals surface area contributed by atoms with E-state index >= 15 is 0 Å². The molecule has 0 spiro atoms. The number of carbonyl (C=O) groups is 3. The van der Waals surface area contributed by atoms with Crippen LogP contribution in [0.2, 0.25) is 0 Å². The molecule has 1 N–H and O–H groups in total. The van der Waals surface area contributed by atoms with Gasteiger partial charge in [0.05, 0.1) is 16.8 Å². The smallest absolute Gasteiger partial charge is 0.340 e. The van der Waals surface area contributed by atoms with Crippen molar-refractivity contribution in [2.75, 3.05) is 18.5 Å². The molecule has 0 unspecified atom stereocenters. The minimum atomic E-state index is -0.621. The Morgan fingerprint density at radius 3 is 1.79 bits per heavy atom. The number of rotatable bonds is 7. The van der Waals surface area contributed by atoms with Crippen molar-refractivity contribution < 1.29 is 23.9 Å². The zero-order chi connectivity index (χ0) is 20.5. The molecule has 146 valence electrons. The van der Waals surface area contributed by atoms with Crippen LogP contribution < -0.4 is 5.32 Å². The summed E-state index contributed by atoms with van der Waals surface area (Å²) in [6, 6.07) is 23.8. The lowest BCUT2D eigenvalue weighted by atomic mass is 10.1. The summed E-state index contributed by atoms with van der Waals surface area (Å²) in [4.78, 5) is 36.6. The summed E-state index contributed by atoms with van der Waals surface area (Å²) in [5.74, 6) is -1.44.